The van der Waals surface area contributed by atoms with Crippen LogP contribution in [0.3, 0.4) is 0 Å². The molecule has 0 saturated carbocycles. The molecule has 3 rings (SSSR count). The van der Waals surface area contributed by atoms with E-state index in [2.05, 4.69) is 36.9 Å². The number of hydrogen-bond donors (Lipinski definition) is 0. The molecule has 2 aromatic rings. The average molecular weight is 306 g/mol. The molecule has 0 unspecified atom stereocenters. The van der Waals surface area contributed by atoms with E-state index < -0.39 is 0 Å². The minimum Gasteiger partial charge on any atom is -0.370 e. The average Bonchev–Trinajstić information content (AvgIpc) is 3.02. The quantitative estimate of drug-likeness (QED) is 0.740. The lowest BCUT2D eigenvalue weighted by atomic mass is 10.2. The van der Waals surface area contributed by atoms with E-state index in [9.17, 15) is 0 Å². The lowest BCUT2D eigenvalue weighted by molar-refractivity contribution is -0.0562. The third-order valence-corrected chi connectivity index (χ3v) is 4.04. The van der Waals surface area contributed by atoms with Gasteiger partial charge in [0.15, 0.2) is 0 Å². The molecule has 0 saturated heterocycles. The van der Waals surface area contributed by atoms with Crippen molar-refractivity contribution in [3.05, 3.63) is 96.1 Å². The van der Waals surface area contributed by atoms with Crippen molar-refractivity contribution in [2.45, 2.75) is 31.8 Å². The third-order valence-electron chi connectivity index (χ3n) is 4.04. The van der Waals surface area contributed by atoms with Crippen molar-refractivity contribution in [3.63, 3.8) is 0 Å². The third kappa shape index (κ3) is 4.41. The molecule has 0 aliphatic heterocycles. The molecule has 2 heteroatoms. The number of benzene rings is 2. The predicted molar refractivity (Wildman–Crippen MR) is 92.9 cm³/mol. The summed E-state index contributed by atoms with van der Waals surface area (Å²) in [5, 5.41) is 0. The number of allylic oxidation sites excluding steroid dienone is 1. The maximum Gasteiger partial charge on any atom is 0.103 e. The predicted octanol–water partition coefficient (Wildman–Crippen LogP) is 4.67. The Labute approximate surface area is 138 Å². The Hall–Kier alpha value is -2.16. The summed E-state index contributed by atoms with van der Waals surface area (Å²) in [6, 6.07) is 20.5. The Bertz CT molecular complexity index is 646. The van der Waals surface area contributed by atoms with Crippen LogP contribution in [-0.2, 0) is 22.7 Å². The van der Waals surface area contributed by atoms with Gasteiger partial charge in [0.2, 0.25) is 0 Å². The highest BCUT2D eigenvalue weighted by Crippen LogP contribution is 2.27. The van der Waals surface area contributed by atoms with Crippen molar-refractivity contribution in [3.8, 4) is 0 Å². The molecule has 2 atom stereocenters. The number of ether oxygens (including phenoxy) is 2. The van der Waals surface area contributed by atoms with Gasteiger partial charge in [-0.3, -0.25) is 0 Å². The fourth-order valence-corrected chi connectivity index (χ4v) is 2.74. The molecule has 0 N–H and O–H groups in total. The van der Waals surface area contributed by atoms with Gasteiger partial charge in [-0.15, -0.1) is 0 Å². The number of hydrogen-bond acceptors (Lipinski definition) is 2. The molecule has 0 radical (unpaired) electrons. The highest BCUT2D eigenvalue weighted by molar-refractivity contribution is 5.26. The Morgan fingerprint density at radius 2 is 1.43 bits per heavy atom. The minimum atomic E-state index is -0.0214. The summed E-state index contributed by atoms with van der Waals surface area (Å²) in [4.78, 5) is 0. The smallest absolute Gasteiger partial charge is 0.103 e. The van der Waals surface area contributed by atoms with Gasteiger partial charge in [-0.1, -0.05) is 73.3 Å². The zero-order chi connectivity index (χ0) is 15.9. The fraction of sp³-hybridized carbons (Fsp3) is 0.238. The van der Waals surface area contributed by atoms with Crippen LogP contribution in [0.5, 0.6) is 0 Å². The minimum absolute atomic E-state index is 0.0214. The van der Waals surface area contributed by atoms with Crippen LogP contribution in [0.1, 0.15) is 17.5 Å². The van der Waals surface area contributed by atoms with Crippen molar-refractivity contribution in [2.75, 3.05) is 0 Å². The largest absolute Gasteiger partial charge is 0.370 e. The molecule has 23 heavy (non-hydrogen) atoms. The molecule has 1 aliphatic rings. The van der Waals surface area contributed by atoms with Gasteiger partial charge in [-0.2, -0.15) is 0 Å². The highest BCUT2D eigenvalue weighted by atomic mass is 16.5. The van der Waals surface area contributed by atoms with Crippen LogP contribution in [0.15, 0.2) is 85.0 Å². The first-order valence-electron chi connectivity index (χ1n) is 7.99. The normalized spacial score (nSPS) is 20.3. The summed E-state index contributed by atoms with van der Waals surface area (Å²) < 4.78 is 12.2. The van der Waals surface area contributed by atoms with E-state index in [0.717, 1.165) is 6.42 Å². The Morgan fingerprint density at radius 3 is 2.00 bits per heavy atom. The molecule has 0 bridgehead atoms. The van der Waals surface area contributed by atoms with Gasteiger partial charge in [0.1, 0.15) is 6.10 Å². The Kier molecular flexibility index (Phi) is 5.41. The van der Waals surface area contributed by atoms with Crippen molar-refractivity contribution in [1.29, 1.82) is 0 Å². The standard InChI is InChI=1S/C21H22O2/c1-2-17-13-20(22-15-18-9-5-3-6-10-18)21(14-17)23-16-19-11-7-4-8-12-19/h2-13,20-21H,1,14-16H2/t20-,21+/m1/s1. The van der Waals surface area contributed by atoms with E-state index in [4.69, 9.17) is 9.47 Å². The van der Waals surface area contributed by atoms with E-state index in [1.165, 1.54) is 16.7 Å². The second-order valence-electron chi connectivity index (χ2n) is 5.75. The first kappa shape index (κ1) is 15.7. The molecule has 0 spiro atoms. The van der Waals surface area contributed by atoms with Gasteiger partial charge in [-0.05, 0) is 22.8 Å². The van der Waals surface area contributed by atoms with Gasteiger partial charge < -0.3 is 9.47 Å². The van der Waals surface area contributed by atoms with Gasteiger partial charge in [0, 0.05) is 6.42 Å². The summed E-state index contributed by atoms with van der Waals surface area (Å²) in [7, 11) is 0. The SMILES string of the molecule is C=CC1=C[C@@H](OCc2ccccc2)[C@@H](OCc2ccccc2)C1. The van der Waals surface area contributed by atoms with Crippen LogP contribution in [0.2, 0.25) is 0 Å². The fourth-order valence-electron chi connectivity index (χ4n) is 2.74. The summed E-state index contributed by atoms with van der Waals surface area (Å²) in [5.41, 5.74) is 3.55. The van der Waals surface area contributed by atoms with Crippen LogP contribution < -0.4 is 0 Å². The molecule has 2 nitrogen and oxygen atoms in total. The molecule has 0 fully saturated rings. The van der Waals surface area contributed by atoms with Crippen molar-refractivity contribution < 1.29 is 9.47 Å². The first-order chi connectivity index (χ1) is 11.3. The molecule has 2 aromatic carbocycles. The molecule has 0 amide bonds. The Morgan fingerprint density at radius 1 is 0.870 bits per heavy atom. The molecular formula is C21H22O2. The first-order valence-corrected chi connectivity index (χ1v) is 7.99. The zero-order valence-corrected chi connectivity index (χ0v) is 13.2. The Balaban J connectivity index is 1.58. The topological polar surface area (TPSA) is 18.5 Å². The molecule has 0 heterocycles. The maximum atomic E-state index is 6.10. The van der Waals surface area contributed by atoms with Crippen molar-refractivity contribution in [1.82, 2.24) is 0 Å². The van der Waals surface area contributed by atoms with Crippen LogP contribution in [0.4, 0.5) is 0 Å². The summed E-state index contributed by atoms with van der Waals surface area (Å²) in [6.07, 6.45) is 4.91. The van der Waals surface area contributed by atoms with E-state index in [1.807, 2.05) is 42.5 Å². The highest BCUT2D eigenvalue weighted by Gasteiger charge is 2.28. The lowest BCUT2D eigenvalue weighted by Crippen LogP contribution is -2.26. The van der Waals surface area contributed by atoms with Gasteiger partial charge >= 0.3 is 0 Å². The molecule has 118 valence electrons. The van der Waals surface area contributed by atoms with Crippen LogP contribution in [0, 0.1) is 0 Å². The second-order valence-corrected chi connectivity index (χ2v) is 5.75. The molecule has 1 aliphatic carbocycles. The van der Waals surface area contributed by atoms with Crippen LogP contribution >= 0.6 is 0 Å². The molecule has 0 aromatic heterocycles. The van der Waals surface area contributed by atoms with Crippen LogP contribution in [-0.4, -0.2) is 12.2 Å². The summed E-state index contributed by atoms with van der Waals surface area (Å²) in [5.74, 6) is 0. The van der Waals surface area contributed by atoms with Gasteiger partial charge in [0.05, 0.1) is 19.3 Å². The van der Waals surface area contributed by atoms with E-state index in [-0.39, 0.29) is 12.2 Å². The van der Waals surface area contributed by atoms with E-state index >= 15 is 0 Å². The van der Waals surface area contributed by atoms with Crippen molar-refractivity contribution in [2.24, 2.45) is 0 Å². The summed E-state index contributed by atoms with van der Waals surface area (Å²) >= 11 is 0. The second kappa shape index (κ2) is 7.91. The number of rotatable bonds is 7. The van der Waals surface area contributed by atoms with Crippen LogP contribution in [0.25, 0.3) is 0 Å². The van der Waals surface area contributed by atoms with E-state index in [1.54, 1.807) is 0 Å². The molecular weight excluding hydrogens is 284 g/mol. The van der Waals surface area contributed by atoms with Gasteiger partial charge in [0.25, 0.3) is 0 Å². The van der Waals surface area contributed by atoms with E-state index in [0.29, 0.717) is 13.2 Å². The monoisotopic (exact) mass is 306 g/mol. The van der Waals surface area contributed by atoms with Gasteiger partial charge in [-0.25, -0.2) is 0 Å². The summed E-state index contributed by atoms with van der Waals surface area (Å²) in [6.45, 7) is 5.07. The lowest BCUT2D eigenvalue weighted by Gasteiger charge is -2.20. The zero-order valence-electron chi connectivity index (χ0n) is 13.2. The van der Waals surface area contributed by atoms with Crippen molar-refractivity contribution >= 4 is 0 Å². The maximum absolute atomic E-state index is 6.10.